The first-order chi connectivity index (χ1) is 16.5. The minimum absolute atomic E-state index is 0.0550. The second-order valence-corrected chi connectivity index (χ2v) is 9.08. The van der Waals surface area contributed by atoms with Gasteiger partial charge in [0.1, 0.15) is 5.75 Å². The van der Waals surface area contributed by atoms with Crippen molar-refractivity contribution >= 4 is 23.0 Å². The lowest BCUT2D eigenvalue weighted by molar-refractivity contribution is 0.415. The van der Waals surface area contributed by atoms with Crippen molar-refractivity contribution in [3.8, 4) is 11.4 Å². The zero-order valence-corrected chi connectivity index (χ0v) is 20.6. The fourth-order valence-electron chi connectivity index (χ4n) is 4.94. The third-order valence-corrected chi connectivity index (χ3v) is 6.81. The van der Waals surface area contributed by atoms with Crippen molar-refractivity contribution in [3.63, 3.8) is 0 Å². The highest BCUT2D eigenvalue weighted by Crippen LogP contribution is 2.44. The van der Waals surface area contributed by atoms with Crippen LogP contribution in [-0.4, -0.2) is 21.8 Å². The Morgan fingerprint density at radius 2 is 1.71 bits per heavy atom. The summed E-state index contributed by atoms with van der Waals surface area (Å²) in [5, 5.41) is 4.24. The van der Waals surface area contributed by atoms with Gasteiger partial charge in [-0.3, -0.25) is 4.98 Å². The van der Waals surface area contributed by atoms with Crippen LogP contribution in [-0.2, 0) is 0 Å². The minimum Gasteiger partial charge on any atom is -0.497 e. The summed E-state index contributed by atoms with van der Waals surface area (Å²) in [7, 11) is 1.68. The molecule has 0 aliphatic carbocycles. The number of ether oxygens (including phenoxy) is 1. The van der Waals surface area contributed by atoms with Gasteiger partial charge in [-0.2, -0.15) is 0 Å². The number of anilines is 1. The Morgan fingerprint density at radius 3 is 2.38 bits per heavy atom. The zero-order chi connectivity index (χ0) is 23.8. The van der Waals surface area contributed by atoms with Crippen molar-refractivity contribution in [1.82, 2.24) is 14.9 Å². The van der Waals surface area contributed by atoms with Crippen LogP contribution in [0.25, 0.3) is 5.69 Å². The number of hydrogen-bond donors (Lipinski definition) is 1. The number of benzene rings is 2. The Balaban J connectivity index is 1.67. The fourth-order valence-corrected chi connectivity index (χ4v) is 5.29. The lowest BCUT2D eigenvalue weighted by atomic mass is 9.96. The standard InChI is InChI=1S/C28H28N4OS/c1-18-8-7-9-22(16-18)31-19(2)17-24(20(31)3)27-26(25-10-5-6-15-29-25)30-28(34)32(27)21-11-13-23(33-4)14-12-21/h5-17,26-27H,1-4H3,(H,30,34)/t26-,27+/m0/s1. The maximum atomic E-state index is 5.88. The van der Waals surface area contributed by atoms with E-state index < -0.39 is 0 Å². The smallest absolute Gasteiger partial charge is 0.174 e. The van der Waals surface area contributed by atoms with E-state index >= 15 is 0 Å². The van der Waals surface area contributed by atoms with Gasteiger partial charge in [0.25, 0.3) is 0 Å². The van der Waals surface area contributed by atoms with Crippen molar-refractivity contribution in [2.75, 3.05) is 12.0 Å². The lowest BCUT2D eigenvalue weighted by Crippen LogP contribution is -2.29. The Hall–Kier alpha value is -3.64. The number of nitrogens with zero attached hydrogens (tertiary/aromatic N) is 3. The molecule has 1 N–H and O–H groups in total. The molecule has 1 aliphatic heterocycles. The minimum atomic E-state index is -0.0812. The summed E-state index contributed by atoms with van der Waals surface area (Å²) in [6.45, 7) is 6.47. The van der Waals surface area contributed by atoms with Crippen LogP contribution < -0.4 is 15.0 Å². The van der Waals surface area contributed by atoms with Gasteiger partial charge < -0.3 is 19.5 Å². The van der Waals surface area contributed by atoms with E-state index in [4.69, 9.17) is 17.0 Å². The molecule has 1 aliphatic rings. The van der Waals surface area contributed by atoms with E-state index in [1.54, 1.807) is 7.11 Å². The third kappa shape index (κ3) is 3.84. The molecule has 1 fully saturated rings. The van der Waals surface area contributed by atoms with Crippen LogP contribution in [0.1, 0.15) is 40.3 Å². The van der Waals surface area contributed by atoms with Crippen LogP contribution in [0, 0.1) is 20.8 Å². The SMILES string of the molecule is COc1ccc(N2C(=S)N[C@@H](c3ccccn3)[C@H]2c2cc(C)n(-c3cccc(C)c3)c2C)cc1. The number of methoxy groups -OCH3 is 1. The molecular formula is C28H28N4OS. The molecule has 0 unspecified atom stereocenters. The molecule has 34 heavy (non-hydrogen) atoms. The van der Waals surface area contributed by atoms with Gasteiger partial charge in [-0.1, -0.05) is 18.2 Å². The summed E-state index contributed by atoms with van der Waals surface area (Å²) in [5.41, 5.74) is 7.98. The second kappa shape index (κ2) is 8.95. The molecule has 5 nitrogen and oxygen atoms in total. The molecule has 0 spiro atoms. The van der Waals surface area contributed by atoms with Gasteiger partial charge in [-0.15, -0.1) is 0 Å². The van der Waals surface area contributed by atoms with Gasteiger partial charge in [0.15, 0.2) is 5.11 Å². The molecular weight excluding hydrogens is 440 g/mol. The van der Waals surface area contributed by atoms with Gasteiger partial charge in [0.2, 0.25) is 0 Å². The van der Waals surface area contributed by atoms with Crippen molar-refractivity contribution in [2.45, 2.75) is 32.9 Å². The molecule has 0 saturated carbocycles. The zero-order valence-electron chi connectivity index (χ0n) is 19.8. The normalized spacial score (nSPS) is 17.6. The third-order valence-electron chi connectivity index (χ3n) is 6.50. The first-order valence-corrected chi connectivity index (χ1v) is 11.8. The van der Waals surface area contributed by atoms with E-state index in [2.05, 4.69) is 89.1 Å². The molecule has 172 valence electrons. The quantitative estimate of drug-likeness (QED) is 0.365. The first-order valence-electron chi connectivity index (χ1n) is 11.4. The van der Waals surface area contributed by atoms with E-state index in [-0.39, 0.29) is 12.1 Å². The van der Waals surface area contributed by atoms with Crippen LogP contribution >= 0.6 is 12.2 Å². The van der Waals surface area contributed by atoms with Crippen LogP contribution in [0.15, 0.2) is 79.0 Å². The second-order valence-electron chi connectivity index (χ2n) is 8.70. The van der Waals surface area contributed by atoms with E-state index in [9.17, 15) is 0 Å². The van der Waals surface area contributed by atoms with Gasteiger partial charge in [0, 0.05) is 29.0 Å². The predicted octanol–water partition coefficient (Wildman–Crippen LogP) is 5.98. The maximum absolute atomic E-state index is 5.88. The number of nitrogens with one attached hydrogen (secondary N) is 1. The van der Waals surface area contributed by atoms with Crippen molar-refractivity contribution < 1.29 is 4.74 Å². The first kappa shape index (κ1) is 22.2. The summed E-state index contributed by atoms with van der Waals surface area (Å²) in [6, 6.07) is 24.8. The molecule has 2 aromatic heterocycles. The van der Waals surface area contributed by atoms with E-state index in [0.29, 0.717) is 5.11 Å². The van der Waals surface area contributed by atoms with Crippen molar-refractivity contribution in [2.24, 2.45) is 0 Å². The average molecular weight is 469 g/mol. The van der Waals surface area contributed by atoms with Gasteiger partial charge in [-0.05, 0) is 98.7 Å². The maximum Gasteiger partial charge on any atom is 0.174 e. The molecule has 2 atom stereocenters. The number of aryl methyl sites for hydroxylation is 2. The van der Waals surface area contributed by atoms with Crippen LogP contribution in [0.4, 0.5) is 5.69 Å². The van der Waals surface area contributed by atoms with Crippen molar-refractivity contribution in [3.05, 3.63) is 107 Å². The summed E-state index contributed by atoms with van der Waals surface area (Å²) in [5.74, 6) is 0.817. The van der Waals surface area contributed by atoms with E-state index in [0.717, 1.165) is 17.1 Å². The Labute approximate surface area is 206 Å². The summed E-state index contributed by atoms with van der Waals surface area (Å²) in [6.07, 6.45) is 1.84. The molecule has 6 heteroatoms. The van der Waals surface area contributed by atoms with Crippen LogP contribution in [0.2, 0.25) is 0 Å². The number of aromatic nitrogens is 2. The molecule has 2 aromatic carbocycles. The Bertz CT molecular complexity index is 1330. The van der Waals surface area contributed by atoms with E-state index in [1.165, 1.54) is 28.2 Å². The van der Waals surface area contributed by atoms with Crippen molar-refractivity contribution in [1.29, 1.82) is 0 Å². The van der Waals surface area contributed by atoms with Crippen LogP contribution in [0.3, 0.4) is 0 Å². The topological polar surface area (TPSA) is 42.3 Å². The molecule has 5 rings (SSSR count). The largest absolute Gasteiger partial charge is 0.497 e. The monoisotopic (exact) mass is 468 g/mol. The molecule has 0 amide bonds. The molecule has 0 bridgehead atoms. The summed E-state index contributed by atoms with van der Waals surface area (Å²) in [4.78, 5) is 6.88. The van der Waals surface area contributed by atoms with E-state index in [1.807, 2.05) is 30.5 Å². The Morgan fingerprint density at radius 1 is 0.912 bits per heavy atom. The van der Waals surface area contributed by atoms with Gasteiger partial charge >= 0.3 is 0 Å². The van der Waals surface area contributed by atoms with Gasteiger partial charge in [0.05, 0.1) is 24.9 Å². The fraction of sp³-hybridized carbons (Fsp3) is 0.214. The van der Waals surface area contributed by atoms with Crippen LogP contribution in [0.5, 0.6) is 5.75 Å². The highest BCUT2D eigenvalue weighted by molar-refractivity contribution is 7.80. The molecule has 1 saturated heterocycles. The summed E-state index contributed by atoms with van der Waals surface area (Å²) >= 11 is 5.88. The molecule has 4 aromatic rings. The highest BCUT2D eigenvalue weighted by Gasteiger charge is 2.42. The number of hydrogen-bond acceptors (Lipinski definition) is 3. The Kier molecular flexibility index (Phi) is 5.84. The van der Waals surface area contributed by atoms with Gasteiger partial charge in [-0.25, -0.2) is 0 Å². The average Bonchev–Trinajstić information content (AvgIpc) is 3.34. The highest BCUT2D eigenvalue weighted by atomic mass is 32.1. The molecule has 3 heterocycles. The number of pyridine rings is 1. The number of rotatable bonds is 5. The summed E-state index contributed by atoms with van der Waals surface area (Å²) < 4.78 is 7.70. The number of thiocarbonyl (C=S) groups is 1. The lowest BCUT2D eigenvalue weighted by Gasteiger charge is -2.28. The molecule has 0 radical (unpaired) electrons. The predicted molar refractivity (Wildman–Crippen MR) is 141 cm³/mol.